The van der Waals surface area contributed by atoms with Crippen molar-refractivity contribution in [3.8, 4) is 0 Å². The van der Waals surface area contributed by atoms with Crippen LogP contribution in [0, 0.1) is 0 Å². The molecule has 0 bridgehead atoms. The smallest absolute Gasteiger partial charge is 0.230 e. The zero-order chi connectivity index (χ0) is 13.9. The zero-order valence-electron chi connectivity index (χ0n) is 11.5. The van der Waals surface area contributed by atoms with E-state index in [1.807, 2.05) is 38.1 Å². The molecule has 0 aliphatic carbocycles. The molecule has 1 aromatic carbocycles. The molecule has 0 spiro atoms. The lowest BCUT2D eigenvalue weighted by Gasteiger charge is -2.30. The predicted molar refractivity (Wildman–Crippen MR) is 81.2 cm³/mol. The number of piperidine rings is 1. The molecule has 1 aromatic rings. The van der Waals surface area contributed by atoms with Crippen LogP contribution in [0.2, 0.25) is 0 Å². The second kappa shape index (κ2) is 6.06. The van der Waals surface area contributed by atoms with E-state index in [0.717, 1.165) is 36.0 Å². The van der Waals surface area contributed by atoms with Gasteiger partial charge >= 0.3 is 0 Å². The van der Waals surface area contributed by atoms with E-state index < -0.39 is 5.41 Å². The predicted octanol–water partition coefficient (Wildman–Crippen LogP) is 2.59. The van der Waals surface area contributed by atoms with Gasteiger partial charge in [0.05, 0.1) is 5.41 Å². The summed E-state index contributed by atoms with van der Waals surface area (Å²) in [5, 5.41) is 6.48. The van der Waals surface area contributed by atoms with Crippen molar-refractivity contribution in [2.45, 2.75) is 38.1 Å². The van der Waals surface area contributed by atoms with E-state index in [2.05, 4.69) is 26.6 Å². The van der Waals surface area contributed by atoms with E-state index in [0.29, 0.717) is 0 Å². The molecule has 1 saturated heterocycles. The number of rotatable bonds is 3. The van der Waals surface area contributed by atoms with Crippen LogP contribution in [0.3, 0.4) is 0 Å². The van der Waals surface area contributed by atoms with Gasteiger partial charge in [0.15, 0.2) is 0 Å². The summed E-state index contributed by atoms with van der Waals surface area (Å²) >= 11 is 3.42. The summed E-state index contributed by atoms with van der Waals surface area (Å²) in [6.45, 7) is 5.88. The largest absolute Gasteiger partial charge is 0.351 e. The van der Waals surface area contributed by atoms with Crippen LogP contribution in [-0.4, -0.2) is 25.0 Å². The third kappa shape index (κ3) is 3.57. The Kier molecular flexibility index (Phi) is 4.63. The Morgan fingerprint density at radius 1 is 1.37 bits per heavy atom. The summed E-state index contributed by atoms with van der Waals surface area (Å²) in [4.78, 5) is 12.5. The minimum atomic E-state index is -0.502. The number of hydrogen-bond acceptors (Lipinski definition) is 2. The Hall–Kier alpha value is -0.870. The van der Waals surface area contributed by atoms with Gasteiger partial charge in [0, 0.05) is 17.1 Å². The first-order valence-electron chi connectivity index (χ1n) is 6.78. The second-order valence-electron chi connectivity index (χ2n) is 5.65. The first-order chi connectivity index (χ1) is 9.00. The molecule has 104 valence electrons. The SMILES string of the molecule is CC(C)(C(=O)N[C@H]1CCCNC1)c1ccc(Br)cc1. The van der Waals surface area contributed by atoms with Gasteiger partial charge < -0.3 is 10.6 Å². The second-order valence-corrected chi connectivity index (χ2v) is 6.56. The fourth-order valence-electron chi connectivity index (χ4n) is 2.34. The topological polar surface area (TPSA) is 41.1 Å². The van der Waals surface area contributed by atoms with E-state index in [1.54, 1.807) is 0 Å². The highest BCUT2D eigenvalue weighted by Gasteiger charge is 2.31. The van der Waals surface area contributed by atoms with E-state index in [-0.39, 0.29) is 11.9 Å². The fraction of sp³-hybridized carbons (Fsp3) is 0.533. The average molecular weight is 325 g/mol. The lowest BCUT2D eigenvalue weighted by molar-refractivity contribution is -0.126. The van der Waals surface area contributed by atoms with Crippen molar-refractivity contribution in [1.29, 1.82) is 0 Å². The summed E-state index contributed by atoms with van der Waals surface area (Å²) in [7, 11) is 0. The molecule has 0 saturated carbocycles. The van der Waals surface area contributed by atoms with E-state index in [9.17, 15) is 4.79 Å². The molecule has 2 N–H and O–H groups in total. The van der Waals surface area contributed by atoms with Crippen LogP contribution in [0.5, 0.6) is 0 Å². The normalized spacial score (nSPS) is 20.1. The van der Waals surface area contributed by atoms with Crippen LogP contribution in [0.1, 0.15) is 32.3 Å². The maximum atomic E-state index is 12.5. The molecule has 4 heteroatoms. The minimum Gasteiger partial charge on any atom is -0.351 e. The van der Waals surface area contributed by atoms with Crippen molar-refractivity contribution in [1.82, 2.24) is 10.6 Å². The molecule has 2 rings (SSSR count). The van der Waals surface area contributed by atoms with Crippen LogP contribution in [-0.2, 0) is 10.2 Å². The Balaban J connectivity index is 2.05. The number of benzene rings is 1. The van der Waals surface area contributed by atoms with Gasteiger partial charge in [-0.1, -0.05) is 28.1 Å². The minimum absolute atomic E-state index is 0.100. The fourth-order valence-corrected chi connectivity index (χ4v) is 2.60. The molecule has 1 heterocycles. The third-order valence-corrected chi connectivity index (χ3v) is 4.29. The number of nitrogens with one attached hydrogen (secondary N) is 2. The maximum Gasteiger partial charge on any atom is 0.230 e. The molecule has 3 nitrogen and oxygen atoms in total. The van der Waals surface area contributed by atoms with Crippen molar-refractivity contribution < 1.29 is 4.79 Å². The van der Waals surface area contributed by atoms with Gasteiger partial charge in [-0.25, -0.2) is 0 Å². The highest BCUT2D eigenvalue weighted by atomic mass is 79.9. The van der Waals surface area contributed by atoms with Crippen LogP contribution in [0.4, 0.5) is 0 Å². The molecule has 1 fully saturated rings. The first-order valence-corrected chi connectivity index (χ1v) is 7.57. The molecule has 0 radical (unpaired) electrons. The van der Waals surface area contributed by atoms with E-state index >= 15 is 0 Å². The van der Waals surface area contributed by atoms with Crippen molar-refractivity contribution in [2.75, 3.05) is 13.1 Å². The summed E-state index contributed by atoms with van der Waals surface area (Å²) in [5.74, 6) is 0.100. The number of hydrogen-bond donors (Lipinski definition) is 2. The summed E-state index contributed by atoms with van der Waals surface area (Å²) < 4.78 is 1.03. The summed E-state index contributed by atoms with van der Waals surface area (Å²) in [6.07, 6.45) is 2.19. The Labute approximate surface area is 123 Å². The van der Waals surface area contributed by atoms with Gasteiger partial charge in [-0.05, 0) is 50.9 Å². The number of carbonyl (C=O) groups excluding carboxylic acids is 1. The highest BCUT2D eigenvalue weighted by Crippen LogP contribution is 2.25. The number of amides is 1. The van der Waals surface area contributed by atoms with Gasteiger partial charge in [-0.3, -0.25) is 4.79 Å². The van der Waals surface area contributed by atoms with Gasteiger partial charge in [-0.15, -0.1) is 0 Å². The summed E-state index contributed by atoms with van der Waals surface area (Å²) in [6, 6.07) is 8.22. The van der Waals surface area contributed by atoms with Crippen molar-refractivity contribution >= 4 is 21.8 Å². The Bertz CT molecular complexity index is 436. The van der Waals surface area contributed by atoms with Crippen LogP contribution < -0.4 is 10.6 Å². The van der Waals surface area contributed by atoms with E-state index in [4.69, 9.17) is 0 Å². The lowest BCUT2D eigenvalue weighted by Crippen LogP contribution is -2.50. The molecule has 19 heavy (non-hydrogen) atoms. The Morgan fingerprint density at radius 2 is 2.05 bits per heavy atom. The molecule has 1 aliphatic heterocycles. The standard InChI is InChI=1S/C15H21BrN2O/c1-15(2,11-5-7-12(16)8-6-11)14(19)18-13-4-3-9-17-10-13/h5-8,13,17H,3-4,9-10H2,1-2H3,(H,18,19)/t13-/m0/s1. The molecule has 1 atom stereocenters. The van der Waals surface area contributed by atoms with Crippen molar-refractivity contribution in [2.24, 2.45) is 0 Å². The van der Waals surface area contributed by atoms with Gasteiger partial charge in [-0.2, -0.15) is 0 Å². The van der Waals surface area contributed by atoms with Crippen LogP contribution in [0.25, 0.3) is 0 Å². The van der Waals surface area contributed by atoms with Gasteiger partial charge in [0.1, 0.15) is 0 Å². The maximum absolute atomic E-state index is 12.5. The number of halogens is 1. The highest BCUT2D eigenvalue weighted by molar-refractivity contribution is 9.10. The molecular weight excluding hydrogens is 304 g/mol. The number of carbonyl (C=O) groups is 1. The monoisotopic (exact) mass is 324 g/mol. The molecule has 1 amide bonds. The molecular formula is C15H21BrN2O. The lowest BCUT2D eigenvalue weighted by atomic mass is 9.83. The zero-order valence-corrected chi connectivity index (χ0v) is 13.1. The molecule has 0 unspecified atom stereocenters. The first kappa shape index (κ1) is 14.5. The molecule has 1 aliphatic rings. The summed E-state index contributed by atoms with van der Waals surface area (Å²) in [5.41, 5.74) is 0.537. The van der Waals surface area contributed by atoms with Crippen LogP contribution in [0.15, 0.2) is 28.7 Å². The van der Waals surface area contributed by atoms with Gasteiger partial charge in [0.2, 0.25) is 5.91 Å². The van der Waals surface area contributed by atoms with E-state index in [1.165, 1.54) is 0 Å². The van der Waals surface area contributed by atoms with Crippen molar-refractivity contribution in [3.05, 3.63) is 34.3 Å². The quantitative estimate of drug-likeness (QED) is 0.897. The average Bonchev–Trinajstić information content (AvgIpc) is 2.40. The Morgan fingerprint density at radius 3 is 2.63 bits per heavy atom. The molecule has 0 aromatic heterocycles. The van der Waals surface area contributed by atoms with Crippen LogP contribution >= 0.6 is 15.9 Å². The van der Waals surface area contributed by atoms with Crippen molar-refractivity contribution in [3.63, 3.8) is 0 Å². The third-order valence-electron chi connectivity index (χ3n) is 3.77. The van der Waals surface area contributed by atoms with Gasteiger partial charge in [0.25, 0.3) is 0 Å².